The van der Waals surface area contributed by atoms with Crippen molar-refractivity contribution in [3.63, 3.8) is 0 Å². The van der Waals surface area contributed by atoms with Crippen LogP contribution in [0.1, 0.15) is 41.8 Å². The molecule has 3 rings (SSSR count). The molecule has 0 spiro atoms. The van der Waals surface area contributed by atoms with Crippen LogP contribution in [0.4, 0.5) is 8.78 Å². The fraction of sp³-hybridized carbons (Fsp3) is 0.278. The van der Waals surface area contributed by atoms with Crippen LogP contribution in [0.15, 0.2) is 45.8 Å². The van der Waals surface area contributed by atoms with Crippen molar-refractivity contribution in [3.05, 3.63) is 63.6 Å². The molecule has 1 aliphatic rings. The number of hydrogen-bond donors (Lipinski definition) is 1. The number of sulfonamides is 1. The van der Waals surface area contributed by atoms with Crippen LogP contribution in [0.3, 0.4) is 0 Å². The standard InChI is InChI=1S/C18H16BrF2NO4S/c1-10(14-6-2-11(20)8-17(14)21)26-18(23)15-9-13(5-7-16(15)19)27(24,25)22-12-3-4-12/h2,5-10,12,22H,3-4H2,1H3. The SMILES string of the molecule is CC(OC(=O)c1cc(S(=O)(=O)NC2CC2)ccc1Br)c1ccc(F)cc1F. The molecule has 0 aromatic heterocycles. The molecular weight excluding hydrogens is 444 g/mol. The lowest BCUT2D eigenvalue weighted by molar-refractivity contribution is 0.0330. The third kappa shape index (κ3) is 4.72. The summed E-state index contributed by atoms with van der Waals surface area (Å²) >= 11 is 3.19. The van der Waals surface area contributed by atoms with Gasteiger partial charge in [-0.2, -0.15) is 0 Å². The summed E-state index contributed by atoms with van der Waals surface area (Å²) in [6, 6.07) is 6.89. The van der Waals surface area contributed by atoms with Gasteiger partial charge in [-0.05, 0) is 66.0 Å². The van der Waals surface area contributed by atoms with Gasteiger partial charge in [0.05, 0.1) is 10.5 Å². The molecule has 1 N–H and O–H groups in total. The zero-order chi connectivity index (χ0) is 19.8. The van der Waals surface area contributed by atoms with Crippen molar-refractivity contribution in [1.29, 1.82) is 0 Å². The highest BCUT2D eigenvalue weighted by molar-refractivity contribution is 9.10. The van der Waals surface area contributed by atoms with Gasteiger partial charge in [0, 0.05) is 22.1 Å². The second kappa shape index (κ2) is 7.65. The van der Waals surface area contributed by atoms with E-state index < -0.39 is 33.7 Å². The van der Waals surface area contributed by atoms with Crippen molar-refractivity contribution in [2.45, 2.75) is 36.8 Å². The molecular formula is C18H16BrF2NO4S. The van der Waals surface area contributed by atoms with E-state index >= 15 is 0 Å². The summed E-state index contributed by atoms with van der Waals surface area (Å²) < 4.78 is 59.6. The molecule has 9 heteroatoms. The first-order valence-corrected chi connectivity index (χ1v) is 10.4. The van der Waals surface area contributed by atoms with E-state index in [1.165, 1.54) is 31.2 Å². The van der Waals surface area contributed by atoms with Crippen molar-refractivity contribution in [3.8, 4) is 0 Å². The summed E-state index contributed by atoms with van der Waals surface area (Å²) in [6.07, 6.45) is 0.575. The van der Waals surface area contributed by atoms with Gasteiger partial charge in [0.25, 0.3) is 0 Å². The van der Waals surface area contributed by atoms with Gasteiger partial charge < -0.3 is 4.74 Å². The molecule has 0 aliphatic heterocycles. The van der Waals surface area contributed by atoms with Crippen LogP contribution in [-0.4, -0.2) is 20.4 Å². The predicted octanol–water partition coefficient (Wildman–Crippen LogP) is 4.09. The molecule has 1 fully saturated rings. The van der Waals surface area contributed by atoms with Gasteiger partial charge in [-0.3, -0.25) is 0 Å². The summed E-state index contributed by atoms with van der Waals surface area (Å²) in [7, 11) is -3.74. The fourth-order valence-electron chi connectivity index (χ4n) is 2.44. The maximum absolute atomic E-state index is 13.9. The third-order valence-corrected chi connectivity index (χ3v) is 6.26. The number of halogens is 3. The van der Waals surface area contributed by atoms with Crippen LogP contribution >= 0.6 is 15.9 Å². The molecule has 0 saturated heterocycles. The van der Waals surface area contributed by atoms with Crippen LogP contribution < -0.4 is 4.72 Å². The van der Waals surface area contributed by atoms with Crippen molar-refractivity contribution in [2.24, 2.45) is 0 Å². The molecule has 2 aromatic rings. The van der Waals surface area contributed by atoms with Gasteiger partial charge in [-0.25, -0.2) is 26.7 Å². The average molecular weight is 460 g/mol. The number of esters is 1. The lowest BCUT2D eigenvalue weighted by Gasteiger charge is -2.15. The Hall–Kier alpha value is -1.84. The second-order valence-electron chi connectivity index (χ2n) is 6.25. The first kappa shape index (κ1) is 19.9. The number of benzene rings is 2. The molecule has 2 aromatic carbocycles. The van der Waals surface area contributed by atoms with Gasteiger partial charge in [0.1, 0.15) is 17.7 Å². The third-order valence-electron chi connectivity index (χ3n) is 4.05. The number of nitrogens with one attached hydrogen (secondary N) is 1. The van der Waals surface area contributed by atoms with E-state index in [0.717, 1.165) is 18.9 Å². The fourth-order valence-corrected chi connectivity index (χ4v) is 4.17. The lowest BCUT2D eigenvalue weighted by Crippen LogP contribution is -2.26. The number of carbonyl (C=O) groups is 1. The van der Waals surface area contributed by atoms with E-state index in [0.29, 0.717) is 10.5 Å². The molecule has 1 aliphatic carbocycles. The Balaban J connectivity index is 1.82. The van der Waals surface area contributed by atoms with Crippen molar-refractivity contribution >= 4 is 31.9 Å². The van der Waals surface area contributed by atoms with Crippen molar-refractivity contribution < 1.29 is 26.7 Å². The highest BCUT2D eigenvalue weighted by Crippen LogP contribution is 2.27. The highest BCUT2D eigenvalue weighted by atomic mass is 79.9. The Morgan fingerprint density at radius 1 is 1.22 bits per heavy atom. The minimum atomic E-state index is -3.74. The monoisotopic (exact) mass is 459 g/mol. The first-order chi connectivity index (χ1) is 12.7. The lowest BCUT2D eigenvalue weighted by atomic mass is 10.1. The smallest absolute Gasteiger partial charge is 0.339 e. The summed E-state index contributed by atoms with van der Waals surface area (Å²) in [4.78, 5) is 12.4. The molecule has 27 heavy (non-hydrogen) atoms. The number of carbonyl (C=O) groups excluding carboxylic acids is 1. The van der Waals surface area contributed by atoms with E-state index in [2.05, 4.69) is 20.7 Å². The zero-order valence-electron chi connectivity index (χ0n) is 14.2. The summed E-state index contributed by atoms with van der Waals surface area (Å²) in [5.74, 6) is -2.40. The van der Waals surface area contributed by atoms with Crippen LogP contribution in [-0.2, 0) is 14.8 Å². The van der Waals surface area contributed by atoms with Crippen LogP contribution in [0.5, 0.6) is 0 Å². The average Bonchev–Trinajstić information content (AvgIpc) is 3.38. The van der Waals surface area contributed by atoms with E-state index in [1.54, 1.807) is 0 Å². The summed E-state index contributed by atoms with van der Waals surface area (Å²) in [6.45, 7) is 1.44. The Morgan fingerprint density at radius 2 is 1.93 bits per heavy atom. The van der Waals surface area contributed by atoms with E-state index in [-0.39, 0.29) is 22.1 Å². The Kier molecular flexibility index (Phi) is 5.64. The molecule has 0 heterocycles. The number of rotatable bonds is 6. The molecule has 1 saturated carbocycles. The summed E-state index contributed by atoms with van der Waals surface area (Å²) in [5, 5.41) is 0. The van der Waals surface area contributed by atoms with E-state index in [9.17, 15) is 22.0 Å². The van der Waals surface area contributed by atoms with Crippen molar-refractivity contribution in [1.82, 2.24) is 4.72 Å². The molecule has 0 radical (unpaired) electrons. The van der Waals surface area contributed by atoms with Gasteiger partial charge in [0.15, 0.2) is 0 Å². The highest BCUT2D eigenvalue weighted by Gasteiger charge is 2.29. The topological polar surface area (TPSA) is 72.5 Å². The Labute approximate surface area is 163 Å². The van der Waals surface area contributed by atoms with Gasteiger partial charge in [-0.15, -0.1) is 0 Å². The summed E-state index contributed by atoms with van der Waals surface area (Å²) in [5.41, 5.74) is 0.00286. The number of ether oxygens (including phenoxy) is 1. The molecule has 1 atom stereocenters. The predicted molar refractivity (Wildman–Crippen MR) is 97.7 cm³/mol. The molecule has 5 nitrogen and oxygen atoms in total. The van der Waals surface area contributed by atoms with E-state index in [4.69, 9.17) is 4.74 Å². The molecule has 0 amide bonds. The molecule has 144 valence electrons. The maximum Gasteiger partial charge on any atom is 0.339 e. The van der Waals surface area contributed by atoms with Gasteiger partial charge in [-0.1, -0.05) is 0 Å². The normalized spacial score (nSPS) is 15.4. The largest absolute Gasteiger partial charge is 0.454 e. The second-order valence-corrected chi connectivity index (χ2v) is 8.82. The van der Waals surface area contributed by atoms with Gasteiger partial charge in [0.2, 0.25) is 10.0 Å². The maximum atomic E-state index is 13.9. The van der Waals surface area contributed by atoms with Crippen LogP contribution in [0.2, 0.25) is 0 Å². The van der Waals surface area contributed by atoms with Gasteiger partial charge >= 0.3 is 5.97 Å². The van der Waals surface area contributed by atoms with E-state index in [1.807, 2.05) is 0 Å². The zero-order valence-corrected chi connectivity index (χ0v) is 16.6. The minimum Gasteiger partial charge on any atom is -0.454 e. The molecule has 1 unspecified atom stereocenters. The Bertz CT molecular complexity index is 993. The minimum absolute atomic E-state index is 0.0111. The van der Waals surface area contributed by atoms with Crippen LogP contribution in [0.25, 0.3) is 0 Å². The first-order valence-electron chi connectivity index (χ1n) is 8.15. The number of hydrogen-bond acceptors (Lipinski definition) is 4. The Morgan fingerprint density at radius 3 is 2.56 bits per heavy atom. The molecule has 0 bridgehead atoms. The quantitative estimate of drug-likeness (QED) is 0.660. The van der Waals surface area contributed by atoms with Crippen LogP contribution in [0, 0.1) is 11.6 Å². The van der Waals surface area contributed by atoms with Crippen molar-refractivity contribution in [2.75, 3.05) is 0 Å².